The molecule has 1 unspecified atom stereocenters. The van der Waals surface area contributed by atoms with E-state index in [9.17, 15) is 4.79 Å². The fourth-order valence-electron chi connectivity index (χ4n) is 1.94. The molecule has 0 aromatic carbocycles. The van der Waals surface area contributed by atoms with Crippen LogP contribution in [0, 0.1) is 0 Å². The standard InChI is InChI=1S/C14H28BrNO/c1-2-3-4-5-6-7-8-9-10-13(15)11-12-14(16)17/h13H,2-12H2,1H3,(H2,16,17). The molecule has 102 valence electrons. The topological polar surface area (TPSA) is 43.1 Å². The number of alkyl halides is 1. The van der Waals surface area contributed by atoms with Crippen LogP contribution in [0.5, 0.6) is 0 Å². The molecule has 0 aromatic rings. The van der Waals surface area contributed by atoms with Crippen molar-refractivity contribution in [3.05, 3.63) is 0 Å². The highest BCUT2D eigenvalue weighted by atomic mass is 79.9. The van der Waals surface area contributed by atoms with Gasteiger partial charge in [-0.3, -0.25) is 4.79 Å². The Morgan fingerprint density at radius 2 is 1.53 bits per heavy atom. The van der Waals surface area contributed by atoms with Gasteiger partial charge in [0.05, 0.1) is 0 Å². The molecule has 0 spiro atoms. The molecule has 0 aliphatic heterocycles. The zero-order chi connectivity index (χ0) is 12.9. The Balaban J connectivity index is 3.13. The van der Waals surface area contributed by atoms with E-state index in [1.807, 2.05) is 0 Å². The van der Waals surface area contributed by atoms with Crippen LogP contribution in [0.2, 0.25) is 0 Å². The lowest BCUT2D eigenvalue weighted by Gasteiger charge is -2.08. The first-order valence-corrected chi connectivity index (χ1v) is 8.00. The van der Waals surface area contributed by atoms with Gasteiger partial charge in [-0.15, -0.1) is 0 Å². The van der Waals surface area contributed by atoms with Crippen molar-refractivity contribution in [2.24, 2.45) is 5.73 Å². The van der Waals surface area contributed by atoms with Crippen molar-refractivity contribution in [2.45, 2.75) is 82.4 Å². The number of hydrogen-bond donors (Lipinski definition) is 1. The third-order valence-corrected chi connectivity index (χ3v) is 3.99. The van der Waals surface area contributed by atoms with Gasteiger partial charge in [0.25, 0.3) is 0 Å². The van der Waals surface area contributed by atoms with Crippen LogP contribution in [0.25, 0.3) is 0 Å². The number of nitrogens with two attached hydrogens (primary N) is 1. The number of halogens is 1. The van der Waals surface area contributed by atoms with Crippen molar-refractivity contribution in [3.8, 4) is 0 Å². The first-order valence-electron chi connectivity index (χ1n) is 7.09. The Bertz CT molecular complexity index is 185. The van der Waals surface area contributed by atoms with Crippen molar-refractivity contribution >= 4 is 21.8 Å². The molecule has 1 atom stereocenters. The van der Waals surface area contributed by atoms with Crippen molar-refractivity contribution in [1.29, 1.82) is 0 Å². The van der Waals surface area contributed by atoms with E-state index in [4.69, 9.17) is 5.73 Å². The zero-order valence-electron chi connectivity index (χ0n) is 11.2. The smallest absolute Gasteiger partial charge is 0.217 e. The highest BCUT2D eigenvalue weighted by Crippen LogP contribution is 2.17. The number of hydrogen-bond acceptors (Lipinski definition) is 1. The SMILES string of the molecule is CCCCCCCCCCC(Br)CCC(N)=O. The molecule has 0 fully saturated rings. The van der Waals surface area contributed by atoms with Crippen molar-refractivity contribution in [1.82, 2.24) is 0 Å². The zero-order valence-corrected chi connectivity index (χ0v) is 12.8. The summed E-state index contributed by atoms with van der Waals surface area (Å²) in [7, 11) is 0. The highest BCUT2D eigenvalue weighted by Gasteiger charge is 2.05. The monoisotopic (exact) mass is 305 g/mol. The Labute approximate surface area is 115 Å². The van der Waals surface area contributed by atoms with Crippen LogP contribution in [0.3, 0.4) is 0 Å². The molecule has 0 bridgehead atoms. The predicted molar refractivity (Wildman–Crippen MR) is 78.4 cm³/mol. The van der Waals surface area contributed by atoms with Crippen LogP contribution >= 0.6 is 15.9 Å². The summed E-state index contributed by atoms with van der Waals surface area (Å²) in [6.07, 6.45) is 13.4. The fraction of sp³-hybridized carbons (Fsp3) is 0.929. The molecule has 0 saturated heterocycles. The fourth-order valence-corrected chi connectivity index (χ4v) is 2.50. The molecule has 0 aliphatic rings. The van der Waals surface area contributed by atoms with Gasteiger partial charge in [-0.05, 0) is 12.8 Å². The summed E-state index contributed by atoms with van der Waals surface area (Å²) in [5, 5.41) is 0. The Hall–Kier alpha value is -0.0500. The number of carbonyl (C=O) groups is 1. The van der Waals surface area contributed by atoms with Crippen LogP contribution in [-0.2, 0) is 4.79 Å². The maximum Gasteiger partial charge on any atom is 0.217 e. The average Bonchev–Trinajstić information content (AvgIpc) is 2.30. The second-order valence-electron chi connectivity index (χ2n) is 4.87. The average molecular weight is 306 g/mol. The molecular weight excluding hydrogens is 278 g/mol. The van der Waals surface area contributed by atoms with Gasteiger partial charge >= 0.3 is 0 Å². The van der Waals surface area contributed by atoms with E-state index in [1.165, 1.54) is 57.8 Å². The maximum absolute atomic E-state index is 10.6. The van der Waals surface area contributed by atoms with Gasteiger partial charge in [0.15, 0.2) is 0 Å². The lowest BCUT2D eigenvalue weighted by molar-refractivity contribution is -0.118. The van der Waals surface area contributed by atoms with E-state index >= 15 is 0 Å². The van der Waals surface area contributed by atoms with E-state index in [0.29, 0.717) is 11.2 Å². The first-order chi connectivity index (χ1) is 8.16. The van der Waals surface area contributed by atoms with Crippen molar-refractivity contribution < 1.29 is 4.79 Å². The summed E-state index contributed by atoms with van der Waals surface area (Å²) >= 11 is 3.60. The number of amides is 1. The van der Waals surface area contributed by atoms with E-state index in [0.717, 1.165) is 6.42 Å². The third-order valence-electron chi connectivity index (χ3n) is 3.07. The van der Waals surface area contributed by atoms with Crippen LogP contribution < -0.4 is 5.73 Å². The Morgan fingerprint density at radius 1 is 1.00 bits per heavy atom. The molecule has 0 heterocycles. The third kappa shape index (κ3) is 13.9. The van der Waals surface area contributed by atoms with E-state index in [-0.39, 0.29) is 5.91 Å². The second-order valence-corrected chi connectivity index (χ2v) is 6.16. The number of unbranched alkanes of at least 4 members (excludes halogenated alkanes) is 7. The summed E-state index contributed by atoms with van der Waals surface area (Å²) in [4.78, 5) is 11.1. The van der Waals surface area contributed by atoms with E-state index in [1.54, 1.807) is 0 Å². The molecular formula is C14H28BrNO. The summed E-state index contributed by atoms with van der Waals surface area (Å²) in [5.41, 5.74) is 5.12. The summed E-state index contributed by atoms with van der Waals surface area (Å²) in [6, 6.07) is 0. The van der Waals surface area contributed by atoms with Crippen LogP contribution in [-0.4, -0.2) is 10.7 Å². The minimum atomic E-state index is -0.189. The lowest BCUT2D eigenvalue weighted by Crippen LogP contribution is -2.12. The minimum Gasteiger partial charge on any atom is -0.370 e. The Kier molecular flexibility index (Phi) is 12.4. The number of primary amides is 1. The quantitative estimate of drug-likeness (QED) is 0.417. The molecule has 0 rings (SSSR count). The molecule has 2 N–H and O–H groups in total. The van der Waals surface area contributed by atoms with Gasteiger partial charge in [0, 0.05) is 11.2 Å². The molecule has 0 aromatic heterocycles. The Morgan fingerprint density at radius 3 is 2.06 bits per heavy atom. The van der Waals surface area contributed by atoms with Gasteiger partial charge in [0.1, 0.15) is 0 Å². The van der Waals surface area contributed by atoms with Gasteiger partial charge < -0.3 is 5.73 Å². The van der Waals surface area contributed by atoms with Gasteiger partial charge in [-0.1, -0.05) is 74.2 Å². The molecule has 0 radical (unpaired) electrons. The van der Waals surface area contributed by atoms with Crippen LogP contribution in [0.15, 0.2) is 0 Å². The largest absolute Gasteiger partial charge is 0.370 e. The van der Waals surface area contributed by atoms with Gasteiger partial charge in [-0.2, -0.15) is 0 Å². The molecule has 0 saturated carbocycles. The molecule has 17 heavy (non-hydrogen) atoms. The maximum atomic E-state index is 10.6. The number of carbonyl (C=O) groups excluding carboxylic acids is 1. The lowest BCUT2D eigenvalue weighted by atomic mass is 10.1. The molecule has 0 aliphatic carbocycles. The van der Waals surface area contributed by atoms with Crippen molar-refractivity contribution in [3.63, 3.8) is 0 Å². The van der Waals surface area contributed by atoms with Crippen LogP contribution in [0.4, 0.5) is 0 Å². The van der Waals surface area contributed by atoms with Gasteiger partial charge in [0.2, 0.25) is 5.91 Å². The number of rotatable bonds is 12. The molecule has 1 amide bonds. The normalized spacial score (nSPS) is 12.6. The van der Waals surface area contributed by atoms with Gasteiger partial charge in [-0.25, -0.2) is 0 Å². The van der Waals surface area contributed by atoms with Crippen molar-refractivity contribution in [2.75, 3.05) is 0 Å². The highest BCUT2D eigenvalue weighted by molar-refractivity contribution is 9.09. The second kappa shape index (κ2) is 12.4. The molecule has 2 nitrogen and oxygen atoms in total. The predicted octanol–water partition coefficient (Wildman–Crippen LogP) is 4.55. The van der Waals surface area contributed by atoms with Crippen LogP contribution in [0.1, 0.15) is 77.6 Å². The molecule has 3 heteroatoms. The van der Waals surface area contributed by atoms with E-state index in [2.05, 4.69) is 22.9 Å². The summed E-state index contributed by atoms with van der Waals surface area (Å²) in [5.74, 6) is -0.189. The first kappa shape index (κ1) is 16.9. The van der Waals surface area contributed by atoms with E-state index < -0.39 is 0 Å². The summed E-state index contributed by atoms with van der Waals surface area (Å²) in [6.45, 7) is 2.25. The summed E-state index contributed by atoms with van der Waals surface area (Å²) < 4.78 is 0. The minimum absolute atomic E-state index is 0.189.